The Morgan fingerprint density at radius 3 is 2.79 bits per heavy atom. The van der Waals surface area contributed by atoms with Crippen LogP contribution in [0.15, 0.2) is 66.1 Å². The number of carboxylic acids is 1. The lowest BCUT2D eigenvalue weighted by atomic mass is 10.1. The molecule has 0 saturated heterocycles. The third-order valence-corrected chi connectivity index (χ3v) is 4.44. The van der Waals surface area contributed by atoms with Crippen LogP contribution < -0.4 is 5.32 Å². The normalized spacial score (nSPS) is 11.0. The quantitative estimate of drug-likeness (QED) is 0.681. The molecule has 120 valence electrons. The molecule has 3 rings (SSSR count). The zero-order chi connectivity index (χ0) is 16.9. The number of carbonyl (C=O) groups excluding carboxylic acids is 1. The highest BCUT2D eigenvalue weighted by Crippen LogP contribution is 2.22. The molecule has 0 spiro atoms. The number of para-hydroxylation sites is 1. The number of benzene rings is 2. The van der Waals surface area contributed by atoms with Gasteiger partial charge in [-0.2, -0.15) is 0 Å². The summed E-state index contributed by atoms with van der Waals surface area (Å²) in [4.78, 5) is 23.1. The van der Waals surface area contributed by atoms with Crippen molar-refractivity contribution in [3.05, 3.63) is 77.2 Å². The monoisotopic (exact) mass is 337 g/mol. The molecule has 4 nitrogen and oxygen atoms in total. The lowest BCUT2D eigenvalue weighted by Crippen LogP contribution is -2.11. The standard InChI is InChI=1S/C19H15NO3S/c21-18(20-16-6-2-1-5-15(16)19(22)23)7-3-4-13-8-9-14-10-11-24-17(14)12-13/h1-3,5-12H,4H2,(H,20,21)(H,22,23). The number of aromatic carboxylic acids is 1. The van der Waals surface area contributed by atoms with Crippen LogP contribution in [-0.4, -0.2) is 17.0 Å². The van der Waals surface area contributed by atoms with Crippen molar-refractivity contribution in [3.63, 3.8) is 0 Å². The van der Waals surface area contributed by atoms with Gasteiger partial charge in [-0.05, 0) is 53.1 Å². The van der Waals surface area contributed by atoms with E-state index in [4.69, 9.17) is 5.11 Å². The highest BCUT2D eigenvalue weighted by Gasteiger charge is 2.10. The summed E-state index contributed by atoms with van der Waals surface area (Å²) in [5.74, 6) is -1.42. The summed E-state index contributed by atoms with van der Waals surface area (Å²) in [6, 6.07) is 14.6. The van der Waals surface area contributed by atoms with Crippen molar-refractivity contribution < 1.29 is 14.7 Å². The Labute approximate surface area is 143 Å². The van der Waals surface area contributed by atoms with Gasteiger partial charge in [0.1, 0.15) is 0 Å². The molecule has 0 aliphatic carbocycles. The first-order valence-electron chi connectivity index (χ1n) is 7.39. The molecule has 2 aromatic carbocycles. The van der Waals surface area contributed by atoms with Crippen LogP contribution in [0.1, 0.15) is 15.9 Å². The molecule has 0 fully saturated rings. The van der Waals surface area contributed by atoms with E-state index < -0.39 is 5.97 Å². The van der Waals surface area contributed by atoms with Crippen molar-refractivity contribution in [1.82, 2.24) is 0 Å². The first-order valence-corrected chi connectivity index (χ1v) is 8.27. The molecular formula is C19H15NO3S. The van der Waals surface area contributed by atoms with Crippen LogP contribution in [-0.2, 0) is 11.2 Å². The van der Waals surface area contributed by atoms with Gasteiger partial charge in [0.25, 0.3) is 0 Å². The summed E-state index contributed by atoms with van der Waals surface area (Å²) in [6.45, 7) is 0. The Kier molecular flexibility index (Phi) is 4.72. The fraction of sp³-hybridized carbons (Fsp3) is 0.0526. The maximum atomic E-state index is 12.0. The molecule has 0 aliphatic heterocycles. The van der Waals surface area contributed by atoms with Crippen LogP contribution in [0.4, 0.5) is 5.69 Å². The molecule has 0 atom stereocenters. The van der Waals surface area contributed by atoms with Gasteiger partial charge in [0.2, 0.25) is 5.91 Å². The topological polar surface area (TPSA) is 66.4 Å². The molecule has 5 heteroatoms. The predicted molar refractivity (Wildman–Crippen MR) is 96.7 cm³/mol. The van der Waals surface area contributed by atoms with Crippen LogP contribution in [0, 0.1) is 0 Å². The summed E-state index contributed by atoms with van der Waals surface area (Å²) < 4.78 is 1.22. The lowest BCUT2D eigenvalue weighted by molar-refractivity contribution is -0.111. The number of thiophene rings is 1. The molecule has 24 heavy (non-hydrogen) atoms. The van der Waals surface area contributed by atoms with Crippen LogP contribution in [0.3, 0.4) is 0 Å². The van der Waals surface area contributed by atoms with Gasteiger partial charge in [0.15, 0.2) is 0 Å². The van der Waals surface area contributed by atoms with Crippen LogP contribution in [0.5, 0.6) is 0 Å². The number of hydrogen-bond acceptors (Lipinski definition) is 3. The van der Waals surface area contributed by atoms with E-state index in [0.717, 1.165) is 5.56 Å². The molecule has 1 heterocycles. The van der Waals surface area contributed by atoms with Crippen molar-refractivity contribution >= 4 is 39.0 Å². The number of carbonyl (C=O) groups is 2. The van der Waals surface area contributed by atoms with Crippen molar-refractivity contribution in [2.24, 2.45) is 0 Å². The van der Waals surface area contributed by atoms with Crippen LogP contribution >= 0.6 is 11.3 Å². The molecule has 0 aliphatic rings. The van der Waals surface area contributed by atoms with Gasteiger partial charge in [-0.3, -0.25) is 4.79 Å². The van der Waals surface area contributed by atoms with Crippen molar-refractivity contribution in [3.8, 4) is 0 Å². The number of rotatable bonds is 5. The van der Waals surface area contributed by atoms with E-state index in [1.165, 1.54) is 22.2 Å². The van der Waals surface area contributed by atoms with Gasteiger partial charge >= 0.3 is 5.97 Å². The minimum atomic E-state index is -1.07. The number of hydrogen-bond donors (Lipinski definition) is 2. The highest BCUT2D eigenvalue weighted by molar-refractivity contribution is 7.17. The number of allylic oxidation sites excluding steroid dienone is 1. The first kappa shape index (κ1) is 16.0. The number of carboxylic acid groups (broad SMARTS) is 1. The van der Waals surface area contributed by atoms with E-state index >= 15 is 0 Å². The van der Waals surface area contributed by atoms with Gasteiger partial charge in [-0.1, -0.05) is 30.3 Å². The predicted octanol–water partition coefficient (Wildman–Crippen LogP) is 4.34. The minimum Gasteiger partial charge on any atom is -0.478 e. The summed E-state index contributed by atoms with van der Waals surface area (Å²) in [5, 5.41) is 15.0. The fourth-order valence-electron chi connectivity index (χ4n) is 2.38. The molecule has 1 aromatic heterocycles. The SMILES string of the molecule is O=C(C=CCc1ccc2ccsc2c1)Nc1ccccc1C(=O)O. The van der Waals surface area contributed by atoms with E-state index in [0.29, 0.717) is 12.1 Å². The van der Waals surface area contributed by atoms with Crippen LogP contribution in [0.2, 0.25) is 0 Å². The Balaban J connectivity index is 1.64. The van der Waals surface area contributed by atoms with E-state index in [-0.39, 0.29) is 11.5 Å². The van der Waals surface area contributed by atoms with E-state index in [1.54, 1.807) is 35.6 Å². The molecule has 0 saturated carbocycles. The number of amides is 1. The largest absolute Gasteiger partial charge is 0.478 e. The molecule has 3 aromatic rings. The highest BCUT2D eigenvalue weighted by atomic mass is 32.1. The van der Waals surface area contributed by atoms with Crippen LogP contribution in [0.25, 0.3) is 10.1 Å². The molecular weight excluding hydrogens is 322 g/mol. The maximum Gasteiger partial charge on any atom is 0.337 e. The Hall–Kier alpha value is -2.92. The third-order valence-electron chi connectivity index (χ3n) is 3.56. The number of anilines is 1. The fourth-order valence-corrected chi connectivity index (χ4v) is 3.23. The van der Waals surface area contributed by atoms with E-state index in [9.17, 15) is 9.59 Å². The first-order chi connectivity index (χ1) is 11.6. The summed E-state index contributed by atoms with van der Waals surface area (Å²) in [6.07, 6.45) is 3.84. The molecule has 0 radical (unpaired) electrons. The maximum absolute atomic E-state index is 12.0. The Bertz CT molecular complexity index is 927. The molecule has 0 unspecified atom stereocenters. The second-order valence-corrected chi connectivity index (χ2v) is 6.19. The van der Waals surface area contributed by atoms with E-state index in [2.05, 4.69) is 28.9 Å². The van der Waals surface area contributed by atoms with Crippen molar-refractivity contribution in [1.29, 1.82) is 0 Å². The minimum absolute atomic E-state index is 0.0717. The zero-order valence-corrected chi connectivity index (χ0v) is 13.5. The third kappa shape index (κ3) is 3.70. The van der Waals surface area contributed by atoms with Crippen molar-refractivity contribution in [2.75, 3.05) is 5.32 Å². The Morgan fingerprint density at radius 1 is 1.12 bits per heavy atom. The van der Waals surface area contributed by atoms with Gasteiger partial charge in [-0.25, -0.2) is 4.79 Å². The average molecular weight is 337 g/mol. The zero-order valence-electron chi connectivity index (χ0n) is 12.7. The van der Waals surface area contributed by atoms with Crippen molar-refractivity contribution in [2.45, 2.75) is 6.42 Å². The molecule has 2 N–H and O–H groups in total. The summed E-state index contributed by atoms with van der Waals surface area (Å²) in [5.41, 5.74) is 1.49. The van der Waals surface area contributed by atoms with Gasteiger partial charge in [0, 0.05) is 4.70 Å². The van der Waals surface area contributed by atoms with Gasteiger partial charge in [-0.15, -0.1) is 11.3 Å². The molecule has 1 amide bonds. The smallest absolute Gasteiger partial charge is 0.337 e. The summed E-state index contributed by atoms with van der Waals surface area (Å²) >= 11 is 1.69. The average Bonchev–Trinajstić information content (AvgIpc) is 3.03. The number of nitrogens with one attached hydrogen (secondary N) is 1. The Morgan fingerprint density at radius 2 is 1.96 bits per heavy atom. The van der Waals surface area contributed by atoms with Gasteiger partial charge < -0.3 is 10.4 Å². The number of fused-ring (bicyclic) bond motifs is 1. The van der Waals surface area contributed by atoms with Gasteiger partial charge in [0.05, 0.1) is 11.3 Å². The lowest BCUT2D eigenvalue weighted by Gasteiger charge is -2.05. The summed E-state index contributed by atoms with van der Waals surface area (Å²) in [7, 11) is 0. The molecule has 0 bridgehead atoms. The van der Waals surface area contributed by atoms with E-state index in [1.807, 2.05) is 6.07 Å². The second kappa shape index (κ2) is 7.10. The second-order valence-electron chi connectivity index (χ2n) is 5.24.